The lowest BCUT2D eigenvalue weighted by Gasteiger charge is -2.48. The van der Waals surface area contributed by atoms with Crippen molar-refractivity contribution >= 4 is 15.9 Å². The molecule has 4 rings (SSSR count). The number of hydrogen-bond acceptors (Lipinski definition) is 4. The minimum absolute atomic E-state index is 0.0992. The van der Waals surface area contributed by atoms with E-state index >= 15 is 0 Å². The maximum absolute atomic E-state index is 12.4. The molecular weight excluding hydrogens is 324 g/mol. The van der Waals surface area contributed by atoms with E-state index < -0.39 is 10.1 Å². The average Bonchev–Trinajstić information content (AvgIpc) is 2.81. The SMILES string of the molecule is C[C@]12CC[C@@H]3c4ccc(OS(C)(=O)=O)cc4CC[C@H]3[C@@H]1CCC2=O. The van der Waals surface area contributed by atoms with E-state index in [-0.39, 0.29) is 5.41 Å². The second kappa shape index (κ2) is 5.32. The highest BCUT2D eigenvalue weighted by Crippen LogP contribution is 2.59. The van der Waals surface area contributed by atoms with E-state index in [1.54, 1.807) is 6.07 Å². The molecule has 1 aromatic rings. The summed E-state index contributed by atoms with van der Waals surface area (Å²) in [7, 11) is -3.49. The fraction of sp³-hybridized carbons (Fsp3) is 0.632. The Morgan fingerprint density at radius 2 is 1.96 bits per heavy atom. The number of aryl methyl sites for hydroxylation is 1. The predicted molar refractivity (Wildman–Crippen MR) is 91.5 cm³/mol. The van der Waals surface area contributed by atoms with Crippen molar-refractivity contribution in [2.45, 2.75) is 51.4 Å². The molecule has 0 radical (unpaired) electrons. The Labute approximate surface area is 143 Å². The van der Waals surface area contributed by atoms with Gasteiger partial charge in [-0.15, -0.1) is 0 Å². The minimum atomic E-state index is -3.49. The Morgan fingerprint density at radius 1 is 1.17 bits per heavy atom. The molecule has 2 fully saturated rings. The van der Waals surface area contributed by atoms with Gasteiger partial charge < -0.3 is 4.18 Å². The van der Waals surface area contributed by atoms with Crippen LogP contribution in [0.5, 0.6) is 5.75 Å². The zero-order chi connectivity index (χ0) is 17.1. The maximum atomic E-state index is 12.4. The van der Waals surface area contributed by atoms with Gasteiger partial charge in [-0.1, -0.05) is 13.0 Å². The number of benzene rings is 1. The molecule has 130 valence electrons. The molecule has 0 spiro atoms. The molecule has 0 N–H and O–H groups in total. The predicted octanol–water partition coefficient (Wildman–Crippen LogP) is 3.45. The van der Waals surface area contributed by atoms with Gasteiger partial charge in [-0.3, -0.25) is 4.79 Å². The summed E-state index contributed by atoms with van der Waals surface area (Å²) < 4.78 is 27.7. The van der Waals surface area contributed by atoms with Gasteiger partial charge >= 0.3 is 10.1 Å². The molecule has 1 aromatic carbocycles. The Bertz CT molecular complexity index is 798. The van der Waals surface area contributed by atoms with Gasteiger partial charge in [0.15, 0.2) is 0 Å². The smallest absolute Gasteiger partial charge is 0.306 e. The Kier molecular flexibility index (Phi) is 3.57. The van der Waals surface area contributed by atoms with Gasteiger partial charge in [0.2, 0.25) is 0 Å². The first-order valence-corrected chi connectivity index (χ1v) is 10.7. The third-order valence-electron chi connectivity index (χ3n) is 6.65. The molecule has 4 atom stereocenters. The Hall–Kier alpha value is -1.36. The van der Waals surface area contributed by atoms with Crippen molar-refractivity contribution in [1.82, 2.24) is 0 Å². The summed E-state index contributed by atoms with van der Waals surface area (Å²) in [6, 6.07) is 5.71. The quantitative estimate of drug-likeness (QED) is 0.768. The van der Waals surface area contributed by atoms with Crippen molar-refractivity contribution < 1.29 is 17.4 Å². The summed E-state index contributed by atoms with van der Waals surface area (Å²) in [5, 5.41) is 0. The fourth-order valence-electron chi connectivity index (χ4n) is 5.56. The standard InChI is InChI=1S/C19H24O4S/c1-19-10-9-15-14-6-4-13(23-24(2,21)22)11-12(14)3-5-16(15)17(19)7-8-18(19)20/h4,6,11,15-17H,3,5,7-10H2,1-2H3/t15-,16-,17+,19+/m1/s1. The molecule has 4 nitrogen and oxygen atoms in total. The van der Waals surface area contributed by atoms with Crippen LogP contribution in [0.4, 0.5) is 0 Å². The second-order valence-corrected chi connectivity index (χ2v) is 9.56. The van der Waals surface area contributed by atoms with Gasteiger partial charge in [-0.25, -0.2) is 0 Å². The highest BCUT2D eigenvalue weighted by atomic mass is 32.2. The van der Waals surface area contributed by atoms with Gasteiger partial charge in [0, 0.05) is 11.8 Å². The van der Waals surface area contributed by atoms with Crippen LogP contribution < -0.4 is 4.18 Å². The topological polar surface area (TPSA) is 60.4 Å². The molecule has 3 aliphatic carbocycles. The largest absolute Gasteiger partial charge is 0.383 e. The monoisotopic (exact) mass is 348 g/mol. The molecule has 0 unspecified atom stereocenters. The Morgan fingerprint density at radius 3 is 2.71 bits per heavy atom. The zero-order valence-electron chi connectivity index (χ0n) is 14.2. The van der Waals surface area contributed by atoms with Crippen molar-refractivity contribution in [3.63, 3.8) is 0 Å². The molecule has 0 aromatic heterocycles. The van der Waals surface area contributed by atoms with E-state index in [1.807, 2.05) is 12.1 Å². The number of rotatable bonds is 2. The summed E-state index contributed by atoms with van der Waals surface area (Å²) >= 11 is 0. The Balaban J connectivity index is 1.65. The van der Waals surface area contributed by atoms with Crippen LogP contribution in [-0.2, 0) is 21.3 Å². The molecule has 0 aliphatic heterocycles. The number of carbonyl (C=O) groups is 1. The summed E-state index contributed by atoms with van der Waals surface area (Å²) in [6.07, 6.45) is 6.94. The molecule has 2 saturated carbocycles. The van der Waals surface area contributed by atoms with Gasteiger partial charge in [0.25, 0.3) is 0 Å². The maximum Gasteiger partial charge on any atom is 0.306 e. The van der Waals surface area contributed by atoms with Crippen molar-refractivity contribution in [3.05, 3.63) is 29.3 Å². The molecule has 0 bridgehead atoms. The van der Waals surface area contributed by atoms with Crippen LogP contribution in [0, 0.1) is 17.3 Å². The van der Waals surface area contributed by atoms with E-state index in [2.05, 4.69) is 6.92 Å². The third kappa shape index (κ3) is 2.48. The number of hydrogen-bond donors (Lipinski definition) is 0. The lowest BCUT2D eigenvalue weighted by Crippen LogP contribution is -2.42. The van der Waals surface area contributed by atoms with Gasteiger partial charge in [-0.05, 0) is 73.1 Å². The van der Waals surface area contributed by atoms with E-state index in [0.717, 1.165) is 44.8 Å². The molecule has 5 heteroatoms. The first kappa shape index (κ1) is 16.1. The molecule has 0 amide bonds. The van der Waals surface area contributed by atoms with Crippen LogP contribution in [0.2, 0.25) is 0 Å². The summed E-state index contributed by atoms with van der Waals surface area (Å²) in [5.74, 6) is 2.48. The molecule has 3 aliphatic rings. The van der Waals surface area contributed by atoms with E-state index in [4.69, 9.17) is 4.18 Å². The van der Waals surface area contributed by atoms with E-state index in [9.17, 15) is 13.2 Å². The van der Waals surface area contributed by atoms with Crippen molar-refractivity contribution in [3.8, 4) is 5.75 Å². The summed E-state index contributed by atoms with van der Waals surface area (Å²) in [5.41, 5.74) is 2.46. The normalized spacial score (nSPS) is 35.1. The third-order valence-corrected chi connectivity index (χ3v) is 7.15. The molecule has 0 saturated heterocycles. The van der Waals surface area contributed by atoms with Crippen molar-refractivity contribution in [2.75, 3.05) is 6.26 Å². The highest BCUT2D eigenvalue weighted by molar-refractivity contribution is 7.86. The highest BCUT2D eigenvalue weighted by Gasteiger charge is 2.54. The van der Waals surface area contributed by atoms with Crippen LogP contribution >= 0.6 is 0 Å². The van der Waals surface area contributed by atoms with E-state index in [1.165, 1.54) is 11.1 Å². The molecular formula is C19H24O4S. The second-order valence-electron chi connectivity index (χ2n) is 7.98. The average molecular weight is 348 g/mol. The van der Waals surface area contributed by atoms with Crippen LogP contribution in [0.25, 0.3) is 0 Å². The van der Waals surface area contributed by atoms with E-state index in [0.29, 0.717) is 29.3 Å². The number of ketones is 1. The van der Waals surface area contributed by atoms with Gasteiger partial charge in [0.05, 0.1) is 6.26 Å². The lowest BCUT2D eigenvalue weighted by atomic mass is 9.55. The van der Waals surface area contributed by atoms with Crippen LogP contribution in [-0.4, -0.2) is 20.5 Å². The number of fused-ring (bicyclic) bond motifs is 5. The van der Waals surface area contributed by atoms with Crippen molar-refractivity contribution in [2.24, 2.45) is 17.3 Å². The van der Waals surface area contributed by atoms with Crippen LogP contribution in [0.3, 0.4) is 0 Å². The minimum Gasteiger partial charge on any atom is -0.383 e. The number of Topliss-reactive ketones (excluding diaryl/α,β-unsaturated/α-hetero) is 1. The summed E-state index contributed by atoms with van der Waals surface area (Å²) in [4.78, 5) is 12.4. The van der Waals surface area contributed by atoms with Crippen LogP contribution in [0.15, 0.2) is 18.2 Å². The van der Waals surface area contributed by atoms with Gasteiger partial charge in [-0.2, -0.15) is 8.42 Å². The first-order chi connectivity index (χ1) is 11.3. The van der Waals surface area contributed by atoms with Gasteiger partial charge in [0.1, 0.15) is 11.5 Å². The number of carbonyl (C=O) groups excluding carboxylic acids is 1. The first-order valence-electron chi connectivity index (χ1n) is 8.83. The zero-order valence-corrected chi connectivity index (χ0v) is 15.1. The molecule has 0 heterocycles. The summed E-state index contributed by atoms with van der Waals surface area (Å²) in [6.45, 7) is 2.18. The molecule has 24 heavy (non-hydrogen) atoms. The fourth-order valence-corrected chi connectivity index (χ4v) is 6.01. The van der Waals surface area contributed by atoms with Crippen LogP contribution in [0.1, 0.15) is 56.1 Å². The lowest BCUT2D eigenvalue weighted by molar-refractivity contribution is -0.129. The van der Waals surface area contributed by atoms with Crippen molar-refractivity contribution in [1.29, 1.82) is 0 Å².